The van der Waals surface area contributed by atoms with Crippen LogP contribution in [-0.2, 0) is 11.2 Å². The zero-order chi connectivity index (χ0) is 21.0. The maximum atomic E-state index is 13.1. The molecule has 0 saturated carbocycles. The van der Waals surface area contributed by atoms with Crippen molar-refractivity contribution in [3.05, 3.63) is 59.7 Å². The molecule has 7 nitrogen and oxygen atoms in total. The van der Waals surface area contributed by atoms with Crippen LogP contribution in [0.3, 0.4) is 0 Å². The van der Waals surface area contributed by atoms with Crippen LogP contribution in [0, 0.1) is 5.41 Å². The molecule has 2 aromatic rings. The van der Waals surface area contributed by atoms with Crippen molar-refractivity contribution in [1.82, 2.24) is 4.90 Å². The zero-order valence-electron chi connectivity index (χ0n) is 16.5. The Balaban J connectivity index is 1.89. The standard InChI is InChI=1S/C22H25NO6/c1-28-17-9-8-16(12-18(17)29-2)20(25)23-11-10-19(24)22(14-23,21(26)27)13-15-6-4-3-5-7-15/h3-9,12,19,24H,10-11,13-14H2,1-2H3,(H,26,27)/t19-,22+/m0/s1. The van der Waals surface area contributed by atoms with Crippen LogP contribution in [-0.4, -0.2) is 60.4 Å². The first kappa shape index (κ1) is 20.7. The van der Waals surface area contributed by atoms with Crippen molar-refractivity contribution in [2.24, 2.45) is 5.41 Å². The summed E-state index contributed by atoms with van der Waals surface area (Å²) in [5, 5.41) is 20.6. The number of nitrogens with zero attached hydrogens (tertiary/aromatic N) is 1. The molecule has 1 aliphatic heterocycles. The fourth-order valence-corrected chi connectivity index (χ4v) is 3.82. The van der Waals surface area contributed by atoms with E-state index in [-0.39, 0.29) is 31.8 Å². The molecule has 1 aliphatic rings. The normalized spacial score (nSPS) is 21.5. The van der Waals surface area contributed by atoms with Gasteiger partial charge in [0.15, 0.2) is 11.5 Å². The highest BCUT2D eigenvalue weighted by Crippen LogP contribution is 2.36. The molecule has 29 heavy (non-hydrogen) atoms. The third-order valence-corrected chi connectivity index (χ3v) is 5.49. The van der Waals surface area contributed by atoms with Gasteiger partial charge in [0.05, 0.1) is 20.3 Å². The maximum absolute atomic E-state index is 13.1. The van der Waals surface area contributed by atoms with Crippen molar-refractivity contribution in [2.75, 3.05) is 27.3 Å². The number of likely N-dealkylation sites (tertiary alicyclic amines) is 1. The number of benzene rings is 2. The molecule has 154 valence electrons. The average molecular weight is 399 g/mol. The first-order valence-electron chi connectivity index (χ1n) is 9.38. The molecule has 1 fully saturated rings. The summed E-state index contributed by atoms with van der Waals surface area (Å²) in [4.78, 5) is 26.8. The fraction of sp³-hybridized carbons (Fsp3) is 0.364. The summed E-state index contributed by atoms with van der Waals surface area (Å²) in [5.41, 5.74) is -0.293. The summed E-state index contributed by atoms with van der Waals surface area (Å²) >= 11 is 0. The van der Waals surface area contributed by atoms with Gasteiger partial charge in [-0.15, -0.1) is 0 Å². The van der Waals surface area contributed by atoms with Crippen LogP contribution in [0.15, 0.2) is 48.5 Å². The minimum atomic E-state index is -1.47. The number of amides is 1. The summed E-state index contributed by atoms with van der Waals surface area (Å²) in [6, 6.07) is 14.0. The van der Waals surface area contributed by atoms with E-state index in [0.717, 1.165) is 5.56 Å². The van der Waals surface area contributed by atoms with Gasteiger partial charge in [-0.25, -0.2) is 0 Å². The van der Waals surface area contributed by atoms with Gasteiger partial charge in [-0.05, 0) is 36.6 Å². The van der Waals surface area contributed by atoms with Crippen LogP contribution in [0.1, 0.15) is 22.3 Å². The van der Waals surface area contributed by atoms with Crippen LogP contribution >= 0.6 is 0 Å². The number of carbonyl (C=O) groups excluding carboxylic acids is 1. The molecular weight excluding hydrogens is 374 g/mol. The van der Waals surface area contributed by atoms with Crippen molar-refractivity contribution in [1.29, 1.82) is 0 Å². The second-order valence-corrected chi connectivity index (χ2v) is 7.22. The Morgan fingerprint density at radius 2 is 1.79 bits per heavy atom. The number of hydrogen-bond donors (Lipinski definition) is 2. The Bertz CT molecular complexity index is 884. The minimum Gasteiger partial charge on any atom is -0.493 e. The molecule has 3 rings (SSSR count). The van der Waals surface area contributed by atoms with Crippen LogP contribution in [0.2, 0.25) is 0 Å². The van der Waals surface area contributed by atoms with Gasteiger partial charge in [0.25, 0.3) is 5.91 Å². The minimum absolute atomic E-state index is 0.0778. The predicted molar refractivity (Wildman–Crippen MR) is 106 cm³/mol. The van der Waals surface area contributed by atoms with Crippen molar-refractivity contribution in [3.63, 3.8) is 0 Å². The molecule has 2 N–H and O–H groups in total. The number of hydrogen-bond acceptors (Lipinski definition) is 5. The van der Waals surface area contributed by atoms with Crippen LogP contribution in [0.4, 0.5) is 0 Å². The maximum Gasteiger partial charge on any atom is 0.314 e. The molecule has 0 unspecified atom stereocenters. The Morgan fingerprint density at radius 1 is 1.10 bits per heavy atom. The first-order valence-corrected chi connectivity index (χ1v) is 9.38. The highest BCUT2D eigenvalue weighted by molar-refractivity contribution is 5.95. The van der Waals surface area contributed by atoms with Gasteiger partial charge in [0.2, 0.25) is 0 Å². The second-order valence-electron chi connectivity index (χ2n) is 7.22. The van der Waals surface area contributed by atoms with E-state index >= 15 is 0 Å². The molecule has 1 saturated heterocycles. The van der Waals surface area contributed by atoms with E-state index in [1.54, 1.807) is 18.2 Å². The van der Waals surface area contributed by atoms with E-state index in [0.29, 0.717) is 17.1 Å². The molecule has 0 aliphatic carbocycles. The number of piperidine rings is 1. The first-order chi connectivity index (χ1) is 13.9. The van der Waals surface area contributed by atoms with Crippen molar-refractivity contribution in [3.8, 4) is 11.5 Å². The lowest BCUT2D eigenvalue weighted by molar-refractivity contribution is -0.161. The van der Waals surface area contributed by atoms with E-state index in [1.807, 2.05) is 30.3 Å². The molecule has 2 atom stereocenters. The Labute approximate surface area is 169 Å². The number of carboxylic acids is 1. The molecule has 0 radical (unpaired) electrons. The molecule has 1 heterocycles. The van der Waals surface area contributed by atoms with E-state index < -0.39 is 17.5 Å². The number of rotatable bonds is 6. The van der Waals surface area contributed by atoms with Gasteiger partial charge in [-0.1, -0.05) is 30.3 Å². The predicted octanol–water partition coefficient (Wildman–Crippen LogP) is 2.22. The van der Waals surface area contributed by atoms with E-state index in [2.05, 4.69) is 0 Å². The Morgan fingerprint density at radius 3 is 2.41 bits per heavy atom. The number of methoxy groups -OCH3 is 2. The van der Waals surface area contributed by atoms with Crippen molar-refractivity contribution >= 4 is 11.9 Å². The smallest absolute Gasteiger partial charge is 0.314 e. The molecule has 7 heteroatoms. The molecule has 0 aromatic heterocycles. The third-order valence-electron chi connectivity index (χ3n) is 5.49. The zero-order valence-corrected chi connectivity index (χ0v) is 16.5. The van der Waals surface area contributed by atoms with E-state index in [4.69, 9.17) is 9.47 Å². The summed E-state index contributed by atoms with van der Waals surface area (Å²) in [6.07, 6.45) is -0.715. The summed E-state index contributed by atoms with van der Waals surface area (Å²) in [7, 11) is 2.99. The quantitative estimate of drug-likeness (QED) is 0.773. The van der Waals surface area contributed by atoms with Crippen LogP contribution < -0.4 is 9.47 Å². The SMILES string of the molecule is COc1ccc(C(=O)N2CC[C@H](O)[C@](Cc3ccccc3)(C(=O)O)C2)cc1OC. The van der Waals surface area contributed by atoms with Gasteiger partial charge < -0.3 is 24.6 Å². The van der Waals surface area contributed by atoms with Gasteiger partial charge in [-0.3, -0.25) is 9.59 Å². The number of aliphatic hydroxyl groups excluding tert-OH is 1. The summed E-state index contributed by atoms with van der Waals surface area (Å²) in [5.74, 6) is -0.499. The number of aliphatic hydroxyl groups is 1. The Hall–Kier alpha value is -3.06. The molecular formula is C22H25NO6. The highest BCUT2D eigenvalue weighted by Gasteiger charge is 2.50. The molecule has 2 aromatic carbocycles. The molecule has 0 bridgehead atoms. The Kier molecular flexibility index (Phi) is 6.08. The third kappa shape index (κ3) is 4.05. The second kappa shape index (κ2) is 8.53. The van der Waals surface area contributed by atoms with Crippen molar-refractivity contribution in [2.45, 2.75) is 18.9 Å². The number of aliphatic carboxylic acids is 1. The average Bonchev–Trinajstić information content (AvgIpc) is 2.74. The van der Waals surface area contributed by atoms with Crippen LogP contribution in [0.25, 0.3) is 0 Å². The fourth-order valence-electron chi connectivity index (χ4n) is 3.82. The van der Waals surface area contributed by atoms with E-state index in [1.165, 1.54) is 19.1 Å². The van der Waals surface area contributed by atoms with Crippen LogP contribution in [0.5, 0.6) is 11.5 Å². The van der Waals surface area contributed by atoms with Gasteiger partial charge in [0, 0.05) is 18.7 Å². The van der Waals surface area contributed by atoms with Gasteiger partial charge in [-0.2, -0.15) is 0 Å². The molecule has 1 amide bonds. The highest BCUT2D eigenvalue weighted by atomic mass is 16.5. The van der Waals surface area contributed by atoms with Gasteiger partial charge >= 0.3 is 5.97 Å². The summed E-state index contributed by atoms with van der Waals surface area (Å²) in [6.45, 7) is 0.198. The van der Waals surface area contributed by atoms with E-state index in [9.17, 15) is 19.8 Å². The topological polar surface area (TPSA) is 96.3 Å². The number of carbonyl (C=O) groups is 2. The number of carboxylic acid groups (broad SMARTS) is 1. The summed E-state index contributed by atoms with van der Waals surface area (Å²) < 4.78 is 10.5. The lowest BCUT2D eigenvalue weighted by atomic mass is 9.72. The molecule has 0 spiro atoms. The monoisotopic (exact) mass is 399 g/mol. The van der Waals surface area contributed by atoms with Crippen molar-refractivity contribution < 1.29 is 29.3 Å². The van der Waals surface area contributed by atoms with Gasteiger partial charge in [0.1, 0.15) is 5.41 Å². The largest absolute Gasteiger partial charge is 0.493 e. The lowest BCUT2D eigenvalue weighted by Gasteiger charge is -2.43. The number of ether oxygens (including phenoxy) is 2. The lowest BCUT2D eigenvalue weighted by Crippen LogP contribution is -2.58.